The number of amides is 2. The monoisotopic (exact) mass is 377 g/mol. The smallest absolute Gasteiger partial charge is 0.246 e. The zero-order valence-electron chi connectivity index (χ0n) is 15.9. The number of carbonyl (C=O) groups excluding carboxylic acids is 2. The SMILES string of the molecule is CCCCSCCC(=O)NC(C)C(=O)Nc1cccc(N2CCCC2)c1. The number of unbranched alkanes of at least 4 members (excludes halogenated alkanes) is 1. The van der Waals surface area contributed by atoms with E-state index in [0.717, 1.165) is 36.0 Å². The third-order valence-electron chi connectivity index (χ3n) is 4.47. The van der Waals surface area contributed by atoms with Gasteiger partial charge in [-0.05, 0) is 50.1 Å². The minimum absolute atomic E-state index is 0.0672. The van der Waals surface area contributed by atoms with Crippen LogP contribution in [0.5, 0.6) is 0 Å². The van der Waals surface area contributed by atoms with Crippen molar-refractivity contribution in [1.82, 2.24) is 5.32 Å². The molecule has 0 spiro atoms. The van der Waals surface area contributed by atoms with Crippen molar-refractivity contribution in [1.29, 1.82) is 0 Å². The van der Waals surface area contributed by atoms with Gasteiger partial charge in [0.1, 0.15) is 6.04 Å². The van der Waals surface area contributed by atoms with Crippen molar-refractivity contribution in [2.24, 2.45) is 0 Å². The van der Waals surface area contributed by atoms with Crippen molar-refractivity contribution in [2.75, 3.05) is 34.8 Å². The highest BCUT2D eigenvalue weighted by molar-refractivity contribution is 7.99. The minimum atomic E-state index is -0.543. The molecule has 1 unspecified atom stereocenters. The number of anilines is 2. The predicted octanol–water partition coefficient (Wildman–Crippen LogP) is 3.65. The summed E-state index contributed by atoms with van der Waals surface area (Å²) in [5, 5.41) is 5.70. The lowest BCUT2D eigenvalue weighted by atomic mass is 10.2. The minimum Gasteiger partial charge on any atom is -0.371 e. The molecule has 26 heavy (non-hydrogen) atoms. The van der Waals surface area contributed by atoms with Crippen molar-refractivity contribution in [3.8, 4) is 0 Å². The summed E-state index contributed by atoms with van der Waals surface area (Å²) in [6.07, 6.45) is 5.25. The highest BCUT2D eigenvalue weighted by atomic mass is 32.2. The quantitative estimate of drug-likeness (QED) is 0.611. The molecule has 1 fully saturated rings. The average Bonchev–Trinajstić information content (AvgIpc) is 3.16. The fraction of sp³-hybridized carbons (Fsp3) is 0.600. The van der Waals surface area contributed by atoms with Crippen LogP contribution in [0.25, 0.3) is 0 Å². The van der Waals surface area contributed by atoms with Crippen LogP contribution >= 0.6 is 11.8 Å². The summed E-state index contributed by atoms with van der Waals surface area (Å²) in [4.78, 5) is 26.6. The van der Waals surface area contributed by atoms with Gasteiger partial charge >= 0.3 is 0 Å². The van der Waals surface area contributed by atoms with E-state index in [1.54, 1.807) is 18.7 Å². The summed E-state index contributed by atoms with van der Waals surface area (Å²) in [6, 6.07) is 7.37. The lowest BCUT2D eigenvalue weighted by Gasteiger charge is -2.19. The first-order valence-corrected chi connectivity index (χ1v) is 10.8. The molecule has 144 valence electrons. The van der Waals surface area contributed by atoms with E-state index in [1.807, 2.05) is 18.2 Å². The van der Waals surface area contributed by atoms with Crippen molar-refractivity contribution in [3.63, 3.8) is 0 Å². The van der Waals surface area contributed by atoms with Gasteiger partial charge in [-0.25, -0.2) is 0 Å². The summed E-state index contributed by atoms with van der Waals surface area (Å²) in [7, 11) is 0. The highest BCUT2D eigenvalue weighted by Crippen LogP contribution is 2.23. The van der Waals surface area contributed by atoms with E-state index in [0.29, 0.717) is 6.42 Å². The van der Waals surface area contributed by atoms with Crippen LogP contribution in [0.15, 0.2) is 24.3 Å². The number of hydrogen-bond donors (Lipinski definition) is 2. The van der Waals surface area contributed by atoms with Crippen molar-refractivity contribution in [2.45, 2.75) is 52.0 Å². The zero-order valence-corrected chi connectivity index (χ0v) is 16.7. The summed E-state index contributed by atoms with van der Waals surface area (Å²) in [6.45, 7) is 6.02. The molecule has 1 aliphatic rings. The lowest BCUT2D eigenvalue weighted by Crippen LogP contribution is -2.41. The molecule has 2 amide bonds. The summed E-state index contributed by atoms with van der Waals surface area (Å²) in [5.41, 5.74) is 1.91. The molecule has 2 N–H and O–H groups in total. The van der Waals surface area contributed by atoms with Gasteiger partial charge in [0, 0.05) is 36.6 Å². The van der Waals surface area contributed by atoms with E-state index in [-0.39, 0.29) is 11.8 Å². The Labute approximate surface area is 161 Å². The normalized spacial score (nSPS) is 14.9. The van der Waals surface area contributed by atoms with Gasteiger partial charge in [0.25, 0.3) is 0 Å². The molecule has 1 aliphatic heterocycles. The Morgan fingerprint density at radius 2 is 2.00 bits per heavy atom. The van der Waals surface area contributed by atoms with E-state index in [4.69, 9.17) is 0 Å². The van der Waals surface area contributed by atoms with Gasteiger partial charge in [-0.1, -0.05) is 19.4 Å². The first kappa shape index (κ1) is 20.6. The first-order valence-electron chi connectivity index (χ1n) is 9.63. The van der Waals surface area contributed by atoms with Crippen LogP contribution in [0.3, 0.4) is 0 Å². The Balaban J connectivity index is 1.76. The van der Waals surface area contributed by atoms with Crippen LogP contribution in [0, 0.1) is 0 Å². The predicted molar refractivity (Wildman–Crippen MR) is 111 cm³/mol. The second kappa shape index (κ2) is 11.1. The second-order valence-corrected chi connectivity index (χ2v) is 7.96. The number of rotatable bonds is 10. The van der Waals surface area contributed by atoms with Crippen molar-refractivity contribution < 1.29 is 9.59 Å². The maximum atomic E-state index is 12.4. The van der Waals surface area contributed by atoms with Gasteiger partial charge in [-0.2, -0.15) is 11.8 Å². The van der Waals surface area contributed by atoms with Crippen LogP contribution < -0.4 is 15.5 Å². The van der Waals surface area contributed by atoms with E-state index < -0.39 is 6.04 Å². The van der Waals surface area contributed by atoms with Gasteiger partial charge in [-0.15, -0.1) is 0 Å². The molecule has 0 radical (unpaired) electrons. The van der Waals surface area contributed by atoms with Crippen LogP contribution in [0.1, 0.15) is 46.0 Å². The molecule has 1 aromatic rings. The Morgan fingerprint density at radius 3 is 2.73 bits per heavy atom. The van der Waals surface area contributed by atoms with Crippen LogP contribution in [0.4, 0.5) is 11.4 Å². The van der Waals surface area contributed by atoms with Crippen LogP contribution in [-0.2, 0) is 9.59 Å². The standard InChI is InChI=1S/C20H31N3O2S/c1-3-4-13-26-14-10-19(24)21-16(2)20(25)22-17-8-7-9-18(15-17)23-11-5-6-12-23/h7-9,15-16H,3-6,10-14H2,1-2H3,(H,21,24)(H,22,25). The lowest BCUT2D eigenvalue weighted by molar-refractivity contribution is -0.125. The summed E-state index contributed by atoms with van der Waals surface area (Å²) < 4.78 is 0. The van der Waals surface area contributed by atoms with E-state index in [1.165, 1.54) is 25.7 Å². The fourth-order valence-corrected chi connectivity index (χ4v) is 3.93. The molecule has 1 saturated heterocycles. The number of nitrogens with zero attached hydrogens (tertiary/aromatic N) is 1. The second-order valence-electron chi connectivity index (χ2n) is 6.74. The number of hydrogen-bond acceptors (Lipinski definition) is 4. The third kappa shape index (κ3) is 6.90. The molecule has 6 heteroatoms. The Hall–Kier alpha value is -1.69. The average molecular weight is 378 g/mol. The fourth-order valence-electron chi connectivity index (χ4n) is 2.90. The topological polar surface area (TPSA) is 61.4 Å². The maximum absolute atomic E-state index is 12.4. The van der Waals surface area contributed by atoms with Gasteiger partial charge in [-0.3, -0.25) is 9.59 Å². The molecule has 1 atom stereocenters. The molecule has 5 nitrogen and oxygen atoms in total. The molecular weight excluding hydrogens is 346 g/mol. The zero-order chi connectivity index (χ0) is 18.8. The van der Waals surface area contributed by atoms with Crippen LogP contribution in [0.2, 0.25) is 0 Å². The molecule has 0 bridgehead atoms. The largest absolute Gasteiger partial charge is 0.371 e. The van der Waals surface area contributed by atoms with E-state index >= 15 is 0 Å². The number of carbonyl (C=O) groups is 2. The molecule has 0 aliphatic carbocycles. The highest BCUT2D eigenvalue weighted by Gasteiger charge is 2.17. The number of nitrogens with one attached hydrogen (secondary N) is 2. The third-order valence-corrected chi connectivity index (χ3v) is 5.54. The Kier molecular flexibility index (Phi) is 8.81. The van der Waals surface area contributed by atoms with Crippen molar-refractivity contribution in [3.05, 3.63) is 24.3 Å². The van der Waals surface area contributed by atoms with E-state index in [9.17, 15) is 9.59 Å². The Bertz CT molecular complexity index is 588. The number of benzene rings is 1. The molecule has 0 aromatic heterocycles. The van der Waals surface area contributed by atoms with E-state index in [2.05, 4.69) is 28.5 Å². The van der Waals surface area contributed by atoms with Gasteiger partial charge < -0.3 is 15.5 Å². The molecule has 2 rings (SSSR count). The van der Waals surface area contributed by atoms with Gasteiger partial charge in [0.15, 0.2) is 0 Å². The molecule has 1 aromatic carbocycles. The van der Waals surface area contributed by atoms with Gasteiger partial charge in [0.2, 0.25) is 11.8 Å². The van der Waals surface area contributed by atoms with Crippen molar-refractivity contribution >= 4 is 35.0 Å². The van der Waals surface area contributed by atoms with Gasteiger partial charge in [0.05, 0.1) is 0 Å². The van der Waals surface area contributed by atoms with Crippen LogP contribution in [-0.4, -0.2) is 42.5 Å². The summed E-state index contributed by atoms with van der Waals surface area (Å²) in [5.74, 6) is 1.64. The molecular formula is C20H31N3O2S. The molecule has 0 saturated carbocycles. The molecule has 1 heterocycles. The number of thioether (sulfide) groups is 1. The Morgan fingerprint density at radius 1 is 1.23 bits per heavy atom. The summed E-state index contributed by atoms with van der Waals surface area (Å²) >= 11 is 1.79. The first-order chi connectivity index (χ1) is 12.6. The maximum Gasteiger partial charge on any atom is 0.246 e.